The summed E-state index contributed by atoms with van der Waals surface area (Å²) >= 11 is 0. The molecule has 1 N–H and O–H groups in total. The SMILES string of the molecule is Cc1cccc(C)c1NC(=O)N1CCC(OC2CCN(S(C)(=O)=O)CC2)CC1. The van der Waals surface area contributed by atoms with Gasteiger partial charge in [0.05, 0.1) is 18.5 Å². The molecule has 0 spiro atoms. The van der Waals surface area contributed by atoms with Crippen LogP contribution in [0.2, 0.25) is 0 Å². The van der Waals surface area contributed by atoms with Crippen LogP contribution in [0.15, 0.2) is 18.2 Å². The second-order valence-electron chi connectivity index (χ2n) is 7.88. The van der Waals surface area contributed by atoms with Gasteiger partial charge in [-0.2, -0.15) is 0 Å². The van der Waals surface area contributed by atoms with Crippen molar-refractivity contribution in [2.45, 2.75) is 51.7 Å². The average molecular weight is 410 g/mol. The highest BCUT2D eigenvalue weighted by Crippen LogP contribution is 2.24. The molecule has 8 heteroatoms. The fourth-order valence-corrected chi connectivity index (χ4v) is 4.84. The fourth-order valence-electron chi connectivity index (χ4n) is 3.96. The monoisotopic (exact) mass is 409 g/mol. The molecule has 2 amide bonds. The predicted molar refractivity (Wildman–Crippen MR) is 110 cm³/mol. The van der Waals surface area contributed by atoms with E-state index in [-0.39, 0.29) is 18.2 Å². The third-order valence-corrected chi connectivity index (χ3v) is 7.00. The van der Waals surface area contributed by atoms with Crippen LogP contribution in [0, 0.1) is 13.8 Å². The maximum atomic E-state index is 12.6. The topological polar surface area (TPSA) is 79.0 Å². The van der Waals surface area contributed by atoms with Gasteiger partial charge in [0, 0.05) is 31.9 Å². The van der Waals surface area contributed by atoms with Crippen molar-refractivity contribution in [1.29, 1.82) is 0 Å². The minimum absolute atomic E-state index is 0.0580. The number of carbonyl (C=O) groups is 1. The zero-order chi connectivity index (χ0) is 20.3. The lowest BCUT2D eigenvalue weighted by Crippen LogP contribution is -2.45. The van der Waals surface area contributed by atoms with E-state index in [9.17, 15) is 13.2 Å². The van der Waals surface area contributed by atoms with E-state index in [1.165, 1.54) is 10.6 Å². The van der Waals surface area contributed by atoms with Crippen molar-refractivity contribution < 1.29 is 17.9 Å². The summed E-state index contributed by atoms with van der Waals surface area (Å²) in [6, 6.07) is 5.93. The van der Waals surface area contributed by atoms with Crippen molar-refractivity contribution in [2.24, 2.45) is 0 Å². The number of nitrogens with zero attached hydrogens (tertiary/aromatic N) is 2. The van der Waals surface area contributed by atoms with Crippen LogP contribution in [-0.2, 0) is 14.8 Å². The van der Waals surface area contributed by atoms with Gasteiger partial charge in [-0.25, -0.2) is 17.5 Å². The molecule has 28 heavy (non-hydrogen) atoms. The van der Waals surface area contributed by atoms with Gasteiger partial charge in [0.2, 0.25) is 10.0 Å². The van der Waals surface area contributed by atoms with Crippen LogP contribution in [0.5, 0.6) is 0 Å². The van der Waals surface area contributed by atoms with E-state index in [0.717, 1.165) is 42.5 Å². The molecule has 0 bridgehead atoms. The zero-order valence-electron chi connectivity index (χ0n) is 17.0. The lowest BCUT2D eigenvalue weighted by molar-refractivity contribution is -0.0542. The van der Waals surface area contributed by atoms with Crippen LogP contribution in [0.4, 0.5) is 10.5 Å². The van der Waals surface area contributed by atoms with Gasteiger partial charge < -0.3 is 15.0 Å². The number of benzene rings is 1. The molecular formula is C20H31N3O4S. The van der Waals surface area contributed by atoms with E-state index in [1.54, 1.807) is 0 Å². The van der Waals surface area contributed by atoms with Crippen molar-refractivity contribution in [2.75, 3.05) is 37.8 Å². The number of carbonyl (C=O) groups excluding carboxylic acids is 1. The van der Waals surface area contributed by atoms with E-state index < -0.39 is 10.0 Å². The molecule has 2 saturated heterocycles. The number of likely N-dealkylation sites (tertiary alicyclic amines) is 1. The van der Waals surface area contributed by atoms with E-state index in [0.29, 0.717) is 26.2 Å². The van der Waals surface area contributed by atoms with Crippen LogP contribution in [0.1, 0.15) is 36.8 Å². The van der Waals surface area contributed by atoms with Crippen LogP contribution in [0.3, 0.4) is 0 Å². The molecule has 1 aromatic carbocycles. The maximum Gasteiger partial charge on any atom is 0.321 e. The molecule has 2 aliphatic rings. The summed E-state index contributed by atoms with van der Waals surface area (Å²) in [5.74, 6) is 0. The number of sulfonamides is 1. The fraction of sp³-hybridized carbons (Fsp3) is 0.650. The standard InChI is InChI=1S/C20H31N3O4S/c1-15-5-4-6-16(2)19(15)21-20(24)22-11-7-17(8-12-22)27-18-9-13-23(14-10-18)28(3,25)26/h4-6,17-18H,7-14H2,1-3H3,(H,21,24). The van der Waals surface area contributed by atoms with E-state index in [4.69, 9.17) is 4.74 Å². The Hall–Kier alpha value is -1.64. The Morgan fingerprint density at radius 3 is 2.00 bits per heavy atom. The van der Waals surface area contributed by atoms with Crippen LogP contribution < -0.4 is 5.32 Å². The number of para-hydroxylation sites is 1. The molecular weight excluding hydrogens is 378 g/mol. The minimum Gasteiger partial charge on any atom is -0.375 e. The normalized spacial score (nSPS) is 20.3. The molecule has 7 nitrogen and oxygen atoms in total. The van der Waals surface area contributed by atoms with Crippen molar-refractivity contribution >= 4 is 21.7 Å². The number of anilines is 1. The van der Waals surface area contributed by atoms with Gasteiger partial charge in [-0.15, -0.1) is 0 Å². The molecule has 2 aliphatic heterocycles. The number of aryl methyl sites for hydroxylation is 2. The Morgan fingerprint density at radius 2 is 1.50 bits per heavy atom. The van der Waals surface area contributed by atoms with Crippen LogP contribution >= 0.6 is 0 Å². The Bertz CT molecular complexity index is 775. The first kappa shape index (κ1) is 21.1. The maximum absolute atomic E-state index is 12.6. The Balaban J connectivity index is 1.44. The summed E-state index contributed by atoms with van der Waals surface area (Å²) in [5, 5.41) is 3.05. The summed E-state index contributed by atoms with van der Waals surface area (Å²) in [7, 11) is -3.10. The second kappa shape index (κ2) is 8.80. The van der Waals surface area contributed by atoms with Crippen molar-refractivity contribution in [3.63, 3.8) is 0 Å². The number of ether oxygens (including phenoxy) is 1. The molecule has 0 aliphatic carbocycles. The van der Waals surface area contributed by atoms with Crippen molar-refractivity contribution in [3.8, 4) is 0 Å². The number of hydrogen-bond acceptors (Lipinski definition) is 4. The highest BCUT2D eigenvalue weighted by molar-refractivity contribution is 7.88. The van der Waals surface area contributed by atoms with Crippen molar-refractivity contribution in [3.05, 3.63) is 29.3 Å². The van der Waals surface area contributed by atoms with Crippen LogP contribution in [0.25, 0.3) is 0 Å². The van der Waals surface area contributed by atoms with Gasteiger partial charge in [0.15, 0.2) is 0 Å². The van der Waals surface area contributed by atoms with Gasteiger partial charge in [-0.05, 0) is 50.7 Å². The average Bonchev–Trinajstić information content (AvgIpc) is 2.65. The number of rotatable bonds is 4. The summed E-state index contributed by atoms with van der Waals surface area (Å²) in [6.07, 6.45) is 4.60. The molecule has 1 aromatic rings. The Morgan fingerprint density at radius 1 is 1.00 bits per heavy atom. The largest absolute Gasteiger partial charge is 0.375 e. The molecule has 0 aromatic heterocycles. The van der Waals surface area contributed by atoms with Gasteiger partial charge in [-0.1, -0.05) is 18.2 Å². The highest BCUT2D eigenvalue weighted by atomic mass is 32.2. The molecule has 0 saturated carbocycles. The smallest absolute Gasteiger partial charge is 0.321 e. The molecule has 0 unspecified atom stereocenters. The van der Waals surface area contributed by atoms with Gasteiger partial charge in [0.25, 0.3) is 0 Å². The first-order valence-corrected chi connectivity index (χ1v) is 11.8. The molecule has 0 atom stereocenters. The zero-order valence-corrected chi connectivity index (χ0v) is 17.8. The molecule has 2 heterocycles. The first-order valence-electron chi connectivity index (χ1n) is 9.97. The van der Waals surface area contributed by atoms with E-state index in [2.05, 4.69) is 5.32 Å². The first-order chi connectivity index (χ1) is 13.2. The molecule has 156 valence electrons. The number of hydrogen-bond donors (Lipinski definition) is 1. The van der Waals surface area contributed by atoms with Gasteiger partial charge in [0.1, 0.15) is 0 Å². The lowest BCUT2D eigenvalue weighted by Gasteiger charge is -2.36. The summed E-state index contributed by atoms with van der Waals surface area (Å²) < 4.78 is 30.9. The summed E-state index contributed by atoms with van der Waals surface area (Å²) in [6.45, 7) is 6.39. The molecule has 2 fully saturated rings. The van der Waals surface area contributed by atoms with E-state index >= 15 is 0 Å². The summed E-state index contributed by atoms with van der Waals surface area (Å²) in [5.41, 5.74) is 3.02. The highest BCUT2D eigenvalue weighted by Gasteiger charge is 2.29. The second-order valence-corrected chi connectivity index (χ2v) is 9.86. The van der Waals surface area contributed by atoms with Crippen molar-refractivity contribution in [1.82, 2.24) is 9.21 Å². The van der Waals surface area contributed by atoms with Crippen LogP contribution in [-0.4, -0.2) is 68.3 Å². The Labute approximate surface area is 168 Å². The van der Waals surface area contributed by atoms with Gasteiger partial charge in [-0.3, -0.25) is 0 Å². The minimum atomic E-state index is -3.10. The third-order valence-electron chi connectivity index (χ3n) is 5.70. The molecule has 0 radical (unpaired) electrons. The number of amides is 2. The van der Waals surface area contributed by atoms with E-state index in [1.807, 2.05) is 36.9 Å². The Kier molecular flexibility index (Phi) is 6.62. The third kappa shape index (κ3) is 5.24. The number of nitrogens with one attached hydrogen (secondary N) is 1. The number of urea groups is 1. The lowest BCUT2D eigenvalue weighted by atomic mass is 10.1. The van der Waals surface area contributed by atoms with Gasteiger partial charge >= 0.3 is 6.03 Å². The molecule has 3 rings (SSSR count). The summed E-state index contributed by atoms with van der Waals surface area (Å²) in [4.78, 5) is 14.5. The quantitative estimate of drug-likeness (QED) is 0.829. The number of piperidine rings is 2. The predicted octanol–water partition coefficient (Wildman–Crippen LogP) is 2.74.